The van der Waals surface area contributed by atoms with Gasteiger partial charge in [-0.3, -0.25) is 4.57 Å². The van der Waals surface area contributed by atoms with Crippen molar-refractivity contribution in [2.45, 2.75) is 45.8 Å². The predicted molar refractivity (Wildman–Crippen MR) is 209 cm³/mol. The number of fused-ring (bicyclic) bond motifs is 9. The lowest BCUT2D eigenvalue weighted by molar-refractivity contribution is 0.666. The molecule has 9 rings (SSSR count). The number of pyridine rings is 1. The van der Waals surface area contributed by atoms with Crippen molar-refractivity contribution in [2.24, 2.45) is 0 Å². The Morgan fingerprint density at radius 1 is 0.735 bits per heavy atom. The first-order chi connectivity index (χ1) is 24.0. The predicted octanol–water partition coefficient (Wildman–Crippen LogP) is 12.9. The Morgan fingerprint density at radius 3 is 2.20 bits per heavy atom. The van der Waals surface area contributed by atoms with Gasteiger partial charge in [-0.2, -0.15) is 0 Å². The normalized spacial score (nSPS) is 14.6. The monoisotopic (exact) mass is 666 g/mol. The highest BCUT2D eigenvalue weighted by atomic mass is 32.2. The molecule has 1 aliphatic heterocycles. The van der Waals surface area contributed by atoms with Crippen LogP contribution >= 0.6 is 23.5 Å². The summed E-state index contributed by atoms with van der Waals surface area (Å²) in [5.74, 6) is 0.901. The number of hydrogen-bond acceptors (Lipinski definition) is 3. The Labute approximate surface area is 295 Å². The van der Waals surface area contributed by atoms with Crippen molar-refractivity contribution in [1.82, 2.24) is 9.55 Å². The van der Waals surface area contributed by atoms with Crippen LogP contribution in [0.15, 0.2) is 166 Å². The van der Waals surface area contributed by atoms with Gasteiger partial charge in [0, 0.05) is 41.3 Å². The molecule has 7 aromatic rings. The molecule has 0 atom stereocenters. The van der Waals surface area contributed by atoms with Gasteiger partial charge in [0.15, 0.2) is 0 Å². The largest absolute Gasteiger partial charge is 0.294 e. The third kappa shape index (κ3) is 4.69. The number of rotatable bonds is 5. The molecule has 0 spiro atoms. The van der Waals surface area contributed by atoms with E-state index in [-0.39, 0.29) is 5.41 Å². The van der Waals surface area contributed by atoms with Crippen LogP contribution in [0.5, 0.6) is 0 Å². The van der Waals surface area contributed by atoms with E-state index in [2.05, 4.69) is 165 Å². The molecule has 49 heavy (non-hydrogen) atoms. The van der Waals surface area contributed by atoms with Crippen molar-refractivity contribution >= 4 is 50.9 Å². The second-order valence-electron chi connectivity index (χ2n) is 13.2. The Hall–Kier alpha value is -5.03. The van der Waals surface area contributed by atoms with Crippen molar-refractivity contribution in [1.29, 1.82) is 0 Å². The highest BCUT2D eigenvalue weighted by molar-refractivity contribution is 8.05. The second-order valence-corrected chi connectivity index (χ2v) is 15.3. The number of allylic oxidation sites excluding steroid dienone is 5. The summed E-state index contributed by atoms with van der Waals surface area (Å²) in [4.78, 5) is 10.6. The van der Waals surface area contributed by atoms with E-state index in [1.54, 1.807) is 0 Å². The van der Waals surface area contributed by atoms with E-state index in [0.29, 0.717) is 0 Å². The second kappa shape index (κ2) is 11.5. The average Bonchev–Trinajstić information content (AvgIpc) is 3.57. The van der Waals surface area contributed by atoms with Gasteiger partial charge in [-0.25, -0.2) is 4.98 Å². The lowest BCUT2D eigenvalue weighted by Gasteiger charge is -2.23. The summed E-state index contributed by atoms with van der Waals surface area (Å²) < 4.78 is 2.41. The topological polar surface area (TPSA) is 17.8 Å². The van der Waals surface area contributed by atoms with Crippen molar-refractivity contribution in [3.05, 3.63) is 163 Å². The fourth-order valence-corrected chi connectivity index (χ4v) is 10.0. The van der Waals surface area contributed by atoms with E-state index in [1.807, 2.05) is 29.6 Å². The van der Waals surface area contributed by atoms with Crippen LogP contribution in [0.2, 0.25) is 0 Å². The van der Waals surface area contributed by atoms with Crippen LogP contribution < -0.4 is 0 Å². The molecular formula is C45H34N2S2. The maximum atomic E-state index is 5.44. The van der Waals surface area contributed by atoms with Crippen molar-refractivity contribution in [3.63, 3.8) is 0 Å². The fourth-order valence-electron chi connectivity index (χ4n) is 7.76. The minimum atomic E-state index is -0.161. The van der Waals surface area contributed by atoms with E-state index >= 15 is 0 Å². The average molecular weight is 667 g/mol. The first-order valence-electron chi connectivity index (χ1n) is 16.7. The van der Waals surface area contributed by atoms with E-state index in [1.165, 1.54) is 63.6 Å². The summed E-state index contributed by atoms with van der Waals surface area (Å²) in [5.41, 5.74) is 11.8. The molecule has 3 heterocycles. The van der Waals surface area contributed by atoms with Gasteiger partial charge in [-0.1, -0.05) is 141 Å². The molecule has 0 unspecified atom stereocenters. The van der Waals surface area contributed by atoms with Gasteiger partial charge in [-0.15, -0.1) is 0 Å². The summed E-state index contributed by atoms with van der Waals surface area (Å²) in [7, 11) is 0. The Balaban J connectivity index is 1.40. The van der Waals surface area contributed by atoms with Gasteiger partial charge < -0.3 is 0 Å². The summed E-state index contributed by atoms with van der Waals surface area (Å²) in [5, 5.41) is 2.58. The number of aromatic nitrogens is 2. The minimum absolute atomic E-state index is 0.161. The Bertz CT molecular complexity index is 2550. The van der Waals surface area contributed by atoms with E-state index in [4.69, 9.17) is 4.98 Å². The SMILES string of the molecule is C=C/C=C(\C=C/C)c1cc(-c2ccccc2)nc(-n2c3cc4c(cc3c3c5c(ccc32)-c2ccccc2C5(C)C)Sc2ccccc2S4)c1. The van der Waals surface area contributed by atoms with Crippen LogP contribution in [0.1, 0.15) is 37.5 Å². The standard InChI is InChI=1S/C45H34N2S2/c1-5-14-28(15-6-2)30-24-35(29-16-8-7-9-17-29)46-42(25-30)47-36-23-22-32-31-18-10-11-19-34(31)45(3,4)44(32)43(36)33-26-40-41(27-37(33)47)49-39-21-13-12-20-38(39)48-40/h5-27H,1H2,2-4H3/b15-6-,28-14+. The lowest BCUT2D eigenvalue weighted by Crippen LogP contribution is -2.15. The van der Waals surface area contributed by atoms with Crippen LogP contribution in [0.25, 0.3) is 55.6 Å². The smallest absolute Gasteiger partial charge is 0.138 e. The lowest BCUT2D eigenvalue weighted by atomic mass is 9.80. The number of nitrogens with zero attached hydrogens (tertiary/aromatic N) is 2. The van der Waals surface area contributed by atoms with Gasteiger partial charge >= 0.3 is 0 Å². The molecule has 4 heteroatoms. The van der Waals surface area contributed by atoms with Gasteiger partial charge in [-0.05, 0) is 82.8 Å². The molecule has 1 aliphatic carbocycles. The number of hydrogen-bond donors (Lipinski definition) is 0. The van der Waals surface area contributed by atoms with Crippen LogP contribution in [0.4, 0.5) is 0 Å². The van der Waals surface area contributed by atoms with Gasteiger partial charge in [0.1, 0.15) is 5.82 Å². The van der Waals surface area contributed by atoms with Gasteiger partial charge in [0.2, 0.25) is 0 Å². The van der Waals surface area contributed by atoms with E-state index in [0.717, 1.165) is 28.2 Å². The van der Waals surface area contributed by atoms with Gasteiger partial charge in [0.25, 0.3) is 0 Å². The summed E-state index contributed by atoms with van der Waals surface area (Å²) >= 11 is 3.74. The molecular weight excluding hydrogens is 633 g/mol. The van der Waals surface area contributed by atoms with Crippen LogP contribution in [-0.2, 0) is 5.41 Å². The van der Waals surface area contributed by atoms with Crippen molar-refractivity contribution < 1.29 is 0 Å². The van der Waals surface area contributed by atoms with Gasteiger partial charge in [0.05, 0.1) is 16.7 Å². The summed E-state index contributed by atoms with van der Waals surface area (Å²) in [6, 6.07) is 42.1. The van der Waals surface area contributed by atoms with Crippen LogP contribution in [0, 0.1) is 0 Å². The first-order valence-corrected chi connectivity index (χ1v) is 18.3. The zero-order valence-electron chi connectivity index (χ0n) is 27.7. The molecule has 0 bridgehead atoms. The molecule has 0 amide bonds. The Morgan fingerprint density at radius 2 is 1.45 bits per heavy atom. The molecule has 0 fully saturated rings. The molecule has 0 radical (unpaired) electrons. The maximum absolute atomic E-state index is 5.44. The molecule has 236 valence electrons. The first kappa shape index (κ1) is 30.1. The molecule has 2 nitrogen and oxygen atoms in total. The molecule has 0 N–H and O–H groups in total. The maximum Gasteiger partial charge on any atom is 0.138 e. The third-order valence-corrected chi connectivity index (χ3v) is 12.4. The van der Waals surface area contributed by atoms with E-state index in [9.17, 15) is 0 Å². The highest BCUT2D eigenvalue weighted by Gasteiger charge is 2.38. The quantitative estimate of drug-likeness (QED) is 0.170. The zero-order chi connectivity index (χ0) is 33.3. The minimum Gasteiger partial charge on any atom is -0.294 e. The van der Waals surface area contributed by atoms with Crippen LogP contribution in [0.3, 0.4) is 0 Å². The molecule has 5 aromatic carbocycles. The Kier molecular flexibility index (Phi) is 7.08. The fraction of sp³-hybridized carbons (Fsp3) is 0.0889. The van der Waals surface area contributed by atoms with E-state index < -0.39 is 0 Å². The molecule has 2 aliphatic rings. The highest BCUT2D eigenvalue weighted by Crippen LogP contribution is 2.55. The van der Waals surface area contributed by atoms with Crippen LogP contribution in [-0.4, -0.2) is 9.55 Å². The zero-order valence-corrected chi connectivity index (χ0v) is 29.3. The molecule has 0 saturated carbocycles. The summed E-state index contributed by atoms with van der Waals surface area (Å²) in [6.07, 6.45) is 8.17. The third-order valence-electron chi connectivity index (χ3n) is 9.89. The van der Waals surface area contributed by atoms with Crippen molar-refractivity contribution in [2.75, 3.05) is 0 Å². The molecule has 0 saturated heterocycles. The number of benzene rings is 5. The van der Waals surface area contributed by atoms with Crippen molar-refractivity contribution in [3.8, 4) is 28.2 Å². The summed E-state index contributed by atoms with van der Waals surface area (Å²) in [6.45, 7) is 10.9. The molecule has 2 aromatic heterocycles.